The molecule has 0 saturated heterocycles. The van der Waals surface area contributed by atoms with E-state index in [-0.39, 0.29) is 12.3 Å². The zero-order chi connectivity index (χ0) is 15.1. The number of aromatic amines is 1. The van der Waals surface area contributed by atoms with Gasteiger partial charge in [0.2, 0.25) is 0 Å². The van der Waals surface area contributed by atoms with Crippen LogP contribution >= 0.6 is 0 Å². The highest BCUT2D eigenvalue weighted by Crippen LogP contribution is 2.07. The number of aliphatic hydroxyl groups excluding tert-OH is 1. The second kappa shape index (κ2) is 7.70. The molecule has 0 fully saturated rings. The summed E-state index contributed by atoms with van der Waals surface area (Å²) in [4.78, 5) is 23.3. The number of unbranched alkanes of at least 4 members (excludes halogenated alkanes) is 1. The van der Waals surface area contributed by atoms with E-state index in [4.69, 9.17) is 9.84 Å². The maximum Gasteiger partial charge on any atom is 0.328 e. The molecule has 21 heavy (non-hydrogen) atoms. The fraction of sp³-hybridized carbons (Fsp3) is 0.500. The number of nitrogens with one attached hydrogen (secondary N) is 1. The standard InChI is InChI=1S/C14H20N4O3/c1-21-9-5-7-18-13-12(17-14(18)20)16-11(10-15-13)6-3-2-4-8-19/h3,6,10,19H,2,4-5,7-9H2,1H3,(H,16,17,20)/b6-3+. The number of ether oxygens (including phenoxy) is 1. The van der Waals surface area contributed by atoms with Crippen molar-refractivity contribution in [1.82, 2.24) is 19.5 Å². The van der Waals surface area contributed by atoms with Crippen molar-refractivity contribution in [2.75, 3.05) is 20.3 Å². The van der Waals surface area contributed by atoms with Crippen LogP contribution in [0.3, 0.4) is 0 Å². The maximum atomic E-state index is 11.9. The van der Waals surface area contributed by atoms with Gasteiger partial charge in [0.25, 0.3) is 0 Å². The third-order valence-corrected chi connectivity index (χ3v) is 3.05. The van der Waals surface area contributed by atoms with Crippen LogP contribution in [0.25, 0.3) is 17.4 Å². The lowest BCUT2D eigenvalue weighted by Crippen LogP contribution is -2.17. The summed E-state index contributed by atoms with van der Waals surface area (Å²) < 4.78 is 6.56. The van der Waals surface area contributed by atoms with E-state index in [0.717, 1.165) is 19.3 Å². The highest BCUT2D eigenvalue weighted by Gasteiger charge is 2.09. The first kappa shape index (κ1) is 15.4. The Hall–Kier alpha value is -1.99. The summed E-state index contributed by atoms with van der Waals surface area (Å²) in [6.07, 6.45) is 7.65. The number of aliphatic hydroxyl groups is 1. The van der Waals surface area contributed by atoms with Crippen molar-refractivity contribution in [3.63, 3.8) is 0 Å². The molecule has 0 amide bonds. The van der Waals surface area contributed by atoms with Crippen LogP contribution in [-0.4, -0.2) is 44.9 Å². The Morgan fingerprint density at radius 2 is 2.33 bits per heavy atom. The molecule has 2 aromatic heterocycles. The third-order valence-electron chi connectivity index (χ3n) is 3.05. The highest BCUT2D eigenvalue weighted by molar-refractivity contribution is 5.67. The molecule has 2 rings (SSSR count). The Kier molecular flexibility index (Phi) is 5.65. The van der Waals surface area contributed by atoms with E-state index in [1.807, 2.05) is 12.2 Å². The number of fused-ring (bicyclic) bond motifs is 1. The lowest BCUT2D eigenvalue weighted by Gasteiger charge is -2.01. The zero-order valence-electron chi connectivity index (χ0n) is 12.1. The number of hydrogen-bond donors (Lipinski definition) is 2. The average molecular weight is 292 g/mol. The Labute approximate surface area is 122 Å². The molecule has 2 heterocycles. The predicted octanol–water partition coefficient (Wildman–Crippen LogP) is 0.942. The van der Waals surface area contributed by atoms with Gasteiger partial charge in [0.05, 0.1) is 11.9 Å². The Morgan fingerprint density at radius 3 is 3.10 bits per heavy atom. The Balaban J connectivity index is 2.17. The number of H-pyrrole nitrogens is 1. The highest BCUT2D eigenvalue weighted by atomic mass is 16.5. The summed E-state index contributed by atoms with van der Waals surface area (Å²) >= 11 is 0. The first-order valence-corrected chi connectivity index (χ1v) is 6.98. The smallest absolute Gasteiger partial charge is 0.328 e. The maximum absolute atomic E-state index is 11.9. The van der Waals surface area contributed by atoms with Gasteiger partial charge in [-0.25, -0.2) is 14.8 Å². The summed E-state index contributed by atoms with van der Waals surface area (Å²) in [6, 6.07) is 0. The van der Waals surface area contributed by atoms with Crippen molar-refractivity contribution in [3.8, 4) is 0 Å². The number of methoxy groups -OCH3 is 1. The molecule has 7 nitrogen and oxygen atoms in total. The molecular formula is C14H20N4O3. The van der Waals surface area contributed by atoms with Crippen LogP contribution in [0.1, 0.15) is 25.0 Å². The van der Waals surface area contributed by atoms with Crippen molar-refractivity contribution >= 4 is 17.4 Å². The quantitative estimate of drug-likeness (QED) is 0.706. The van der Waals surface area contributed by atoms with Crippen LogP contribution in [0.4, 0.5) is 0 Å². The topological polar surface area (TPSA) is 93.0 Å². The number of allylic oxidation sites excluding steroid dienone is 1. The lowest BCUT2D eigenvalue weighted by atomic mass is 10.3. The van der Waals surface area contributed by atoms with Gasteiger partial charge in [-0.15, -0.1) is 0 Å². The molecule has 2 aromatic rings. The summed E-state index contributed by atoms with van der Waals surface area (Å²) in [5.41, 5.74) is 1.53. The number of aryl methyl sites for hydroxylation is 1. The summed E-state index contributed by atoms with van der Waals surface area (Å²) in [6.45, 7) is 1.32. The number of imidazole rings is 1. The number of nitrogens with zero attached hydrogens (tertiary/aromatic N) is 3. The molecule has 0 atom stereocenters. The molecule has 0 saturated carbocycles. The minimum atomic E-state index is -0.206. The van der Waals surface area contributed by atoms with E-state index in [9.17, 15) is 4.79 Å². The molecule has 0 unspecified atom stereocenters. The van der Waals surface area contributed by atoms with E-state index in [2.05, 4.69) is 15.0 Å². The minimum absolute atomic E-state index is 0.173. The molecular weight excluding hydrogens is 272 g/mol. The number of aromatic nitrogens is 4. The van der Waals surface area contributed by atoms with Gasteiger partial charge in [0, 0.05) is 26.9 Å². The van der Waals surface area contributed by atoms with Gasteiger partial charge < -0.3 is 9.84 Å². The van der Waals surface area contributed by atoms with Crippen LogP contribution < -0.4 is 5.69 Å². The molecule has 0 aliphatic carbocycles. The van der Waals surface area contributed by atoms with Gasteiger partial charge in [-0.2, -0.15) is 0 Å². The lowest BCUT2D eigenvalue weighted by molar-refractivity contribution is 0.190. The van der Waals surface area contributed by atoms with E-state index < -0.39 is 0 Å². The first-order chi connectivity index (χ1) is 10.3. The molecule has 0 bridgehead atoms. The molecule has 0 spiro atoms. The number of rotatable bonds is 8. The monoisotopic (exact) mass is 292 g/mol. The first-order valence-electron chi connectivity index (χ1n) is 6.98. The molecule has 2 N–H and O–H groups in total. The van der Waals surface area contributed by atoms with Gasteiger partial charge in [-0.05, 0) is 25.3 Å². The van der Waals surface area contributed by atoms with Gasteiger partial charge >= 0.3 is 5.69 Å². The summed E-state index contributed by atoms with van der Waals surface area (Å²) in [7, 11) is 1.63. The summed E-state index contributed by atoms with van der Waals surface area (Å²) in [5.74, 6) is 0. The van der Waals surface area contributed by atoms with Gasteiger partial charge in [-0.3, -0.25) is 9.55 Å². The minimum Gasteiger partial charge on any atom is -0.396 e. The Morgan fingerprint density at radius 1 is 1.48 bits per heavy atom. The molecule has 0 aromatic carbocycles. The van der Waals surface area contributed by atoms with E-state index in [0.29, 0.717) is 30.1 Å². The van der Waals surface area contributed by atoms with Crippen molar-refractivity contribution in [2.24, 2.45) is 0 Å². The molecule has 0 aliphatic rings. The zero-order valence-corrected chi connectivity index (χ0v) is 12.1. The number of hydrogen-bond acceptors (Lipinski definition) is 5. The van der Waals surface area contributed by atoms with Crippen molar-refractivity contribution in [3.05, 3.63) is 28.5 Å². The van der Waals surface area contributed by atoms with Crippen LogP contribution in [0, 0.1) is 0 Å². The third kappa shape index (κ3) is 3.99. The van der Waals surface area contributed by atoms with E-state index in [1.54, 1.807) is 17.9 Å². The van der Waals surface area contributed by atoms with Crippen LogP contribution in [0.15, 0.2) is 17.1 Å². The molecule has 0 aliphatic heterocycles. The Bertz CT molecular complexity index is 660. The fourth-order valence-corrected chi connectivity index (χ4v) is 2.01. The molecule has 7 heteroatoms. The van der Waals surface area contributed by atoms with E-state index in [1.165, 1.54) is 0 Å². The second-order valence-corrected chi connectivity index (χ2v) is 4.66. The van der Waals surface area contributed by atoms with Crippen LogP contribution in [-0.2, 0) is 11.3 Å². The largest absolute Gasteiger partial charge is 0.396 e. The fourth-order valence-electron chi connectivity index (χ4n) is 2.01. The summed E-state index contributed by atoms with van der Waals surface area (Å²) in [5, 5.41) is 8.71. The van der Waals surface area contributed by atoms with Crippen molar-refractivity contribution in [1.29, 1.82) is 0 Å². The van der Waals surface area contributed by atoms with Crippen LogP contribution in [0.2, 0.25) is 0 Å². The van der Waals surface area contributed by atoms with Gasteiger partial charge in [0.1, 0.15) is 0 Å². The van der Waals surface area contributed by atoms with Crippen LogP contribution in [0.5, 0.6) is 0 Å². The second-order valence-electron chi connectivity index (χ2n) is 4.66. The average Bonchev–Trinajstić information content (AvgIpc) is 2.79. The van der Waals surface area contributed by atoms with E-state index >= 15 is 0 Å². The predicted molar refractivity (Wildman–Crippen MR) is 80.0 cm³/mol. The molecule has 0 radical (unpaired) electrons. The van der Waals surface area contributed by atoms with Crippen molar-refractivity contribution in [2.45, 2.75) is 25.8 Å². The van der Waals surface area contributed by atoms with Gasteiger partial charge in [0.15, 0.2) is 11.3 Å². The normalized spacial score (nSPS) is 11.7. The van der Waals surface area contributed by atoms with Gasteiger partial charge in [-0.1, -0.05) is 6.08 Å². The molecule has 114 valence electrons. The van der Waals surface area contributed by atoms with Crippen molar-refractivity contribution < 1.29 is 9.84 Å². The SMILES string of the molecule is COCCCn1c(=O)[nH]c2nc(/C=C/CCCO)cnc21.